The van der Waals surface area contributed by atoms with E-state index in [9.17, 15) is 18.0 Å². The molecule has 9 heteroatoms. The number of oxazole rings is 1. The average Bonchev–Trinajstić information content (AvgIpc) is 3.45. The van der Waals surface area contributed by atoms with E-state index in [0.717, 1.165) is 24.8 Å². The minimum absolute atomic E-state index is 0.0195. The van der Waals surface area contributed by atoms with Crippen molar-refractivity contribution in [2.75, 3.05) is 19.6 Å². The molecule has 0 unspecified atom stereocenters. The van der Waals surface area contributed by atoms with Gasteiger partial charge in [0.1, 0.15) is 0 Å². The van der Waals surface area contributed by atoms with Crippen molar-refractivity contribution in [3.8, 4) is 0 Å². The molecule has 5 rings (SSSR count). The Morgan fingerprint density at radius 1 is 1.00 bits per heavy atom. The van der Waals surface area contributed by atoms with Gasteiger partial charge in [0.15, 0.2) is 5.58 Å². The molecule has 0 aliphatic carbocycles. The third-order valence-electron chi connectivity index (χ3n) is 6.38. The highest BCUT2D eigenvalue weighted by molar-refractivity contribution is 7.89. The number of rotatable bonds is 5. The van der Waals surface area contributed by atoms with Crippen molar-refractivity contribution in [1.82, 2.24) is 13.8 Å². The van der Waals surface area contributed by atoms with Crippen LogP contribution in [0, 0.1) is 0 Å². The second-order valence-electron chi connectivity index (χ2n) is 8.34. The topological polar surface area (TPSA) is 92.8 Å². The number of carbonyl (C=O) groups excluding carboxylic acids is 1. The largest absolute Gasteiger partial charge is 0.419 e. The SMILES string of the molecule is O=C(CCn1c(=O)oc2cc(S(=O)(=O)N3CCCC3)ccc21)N1CCc2ccccc2C1. The predicted molar refractivity (Wildman–Crippen MR) is 119 cm³/mol. The molecule has 3 heterocycles. The van der Waals surface area contributed by atoms with Crippen LogP contribution in [-0.2, 0) is 34.3 Å². The van der Waals surface area contributed by atoms with Crippen LogP contribution in [0.5, 0.6) is 0 Å². The molecule has 0 N–H and O–H groups in total. The summed E-state index contributed by atoms with van der Waals surface area (Å²) in [6.45, 7) is 2.44. The van der Waals surface area contributed by atoms with Gasteiger partial charge in [-0.05, 0) is 42.5 Å². The molecular weight excluding hydrogens is 430 g/mol. The normalized spacial score (nSPS) is 17.1. The highest BCUT2D eigenvalue weighted by Crippen LogP contribution is 2.25. The summed E-state index contributed by atoms with van der Waals surface area (Å²) in [7, 11) is -3.60. The first-order chi connectivity index (χ1) is 15.4. The Morgan fingerprint density at radius 2 is 1.75 bits per heavy atom. The number of carbonyl (C=O) groups is 1. The number of sulfonamides is 1. The van der Waals surface area contributed by atoms with Crippen molar-refractivity contribution >= 4 is 27.0 Å². The van der Waals surface area contributed by atoms with Crippen LogP contribution in [0.4, 0.5) is 0 Å². The van der Waals surface area contributed by atoms with E-state index in [1.54, 1.807) is 6.07 Å². The van der Waals surface area contributed by atoms with E-state index in [1.165, 1.54) is 26.6 Å². The van der Waals surface area contributed by atoms with Crippen molar-refractivity contribution in [1.29, 1.82) is 0 Å². The van der Waals surface area contributed by atoms with Gasteiger partial charge in [-0.1, -0.05) is 24.3 Å². The Balaban J connectivity index is 1.32. The van der Waals surface area contributed by atoms with Crippen LogP contribution in [0.25, 0.3) is 11.1 Å². The summed E-state index contributed by atoms with van der Waals surface area (Å²) in [6.07, 6.45) is 2.70. The molecule has 1 amide bonds. The van der Waals surface area contributed by atoms with Crippen LogP contribution < -0.4 is 5.76 Å². The molecule has 1 fully saturated rings. The number of aryl methyl sites for hydroxylation is 1. The Labute approximate surface area is 186 Å². The highest BCUT2D eigenvalue weighted by atomic mass is 32.2. The van der Waals surface area contributed by atoms with Gasteiger partial charge >= 0.3 is 5.76 Å². The number of nitrogens with zero attached hydrogens (tertiary/aromatic N) is 3. The molecule has 2 aliphatic rings. The van der Waals surface area contributed by atoms with Gasteiger partial charge in [-0.2, -0.15) is 4.31 Å². The summed E-state index contributed by atoms with van der Waals surface area (Å²) in [4.78, 5) is 27.1. The minimum atomic E-state index is -3.60. The Bertz CT molecular complexity index is 1340. The van der Waals surface area contributed by atoms with E-state index in [0.29, 0.717) is 31.7 Å². The first kappa shape index (κ1) is 21.0. The second kappa shape index (κ2) is 8.22. The molecule has 0 radical (unpaired) electrons. The van der Waals surface area contributed by atoms with E-state index in [1.807, 2.05) is 23.1 Å². The van der Waals surface area contributed by atoms with E-state index in [2.05, 4.69) is 6.07 Å². The van der Waals surface area contributed by atoms with Crippen LogP contribution in [0.15, 0.2) is 56.6 Å². The van der Waals surface area contributed by atoms with Crippen LogP contribution in [0.1, 0.15) is 30.4 Å². The van der Waals surface area contributed by atoms with Crippen molar-refractivity contribution in [3.05, 3.63) is 64.1 Å². The monoisotopic (exact) mass is 455 g/mol. The fourth-order valence-electron chi connectivity index (χ4n) is 4.57. The van der Waals surface area contributed by atoms with Crippen LogP contribution in [-0.4, -0.2) is 47.7 Å². The lowest BCUT2D eigenvalue weighted by molar-refractivity contribution is -0.132. The molecule has 168 valence electrons. The van der Waals surface area contributed by atoms with E-state index in [4.69, 9.17) is 4.42 Å². The van der Waals surface area contributed by atoms with Crippen LogP contribution in [0.2, 0.25) is 0 Å². The molecule has 8 nitrogen and oxygen atoms in total. The number of hydrogen-bond acceptors (Lipinski definition) is 5. The third kappa shape index (κ3) is 3.75. The second-order valence-corrected chi connectivity index (χ2v) is 10.3. The summed E-state index contributed by atoms with van der Waals surface area (Å²) in [5.74, 6) is -0.610. The maximum absolute atomic E-state index is 12.8. The summed E-state index contributed by atoms with van der Waals surface area (Å²) in [5, 5.41) is 0. The lowest BCUT2D eigenvalue weighted by Gasteiger charge is -2.29. The van der Waals surface area contributed by atoms with E-state index >= 15 is 0 Å². The molecule has 0 saturated carbocycles. The van der Waals surface area contributed by atoms with Crippen molar-refractivity contribution < 1.29 is 17.6 Å². The fourth-order valence-corrected chi connectivity index (χ4v) is 6.10. The number of fused-ring (bicyclic) bond motifs is 2. The number of amides is 1. The molecule has 32 heavy (non-hydrogen) atoms. The Morgan fingerprint density at radius 3 is 2.53 bits per heavy atom. The number of benzene rings is 2. The third-order valence-corrected chi connectivity index (χ3v) is 8.27. The minimum Gasteiger partial charge on any atom is -0.408 e. The lowest BCUT2D eigenvalue weighted by Crippen LogP contribution is -2.36. The quantitative estimate of drug-likeness (QED) is 0.589. The summed E-state index contributed by atoms with van der Waals surface area (Å²) in [5.41, 5.74) is 3.14. The Hall–Kier alpha value is -2.91. The molecular formula is C23H25N3O5S. The van der Waals surface area contributed by atoms with Gasteiger partial charge in [-0.3, -0.25) is 9.36 Å². The molecule has 0 spiro atoms. The molecule has 0 atom stereocenters. The number of hydrogen-bond donors (Lipinski definition) is 0. The smallest absolute Gasteiger partial charge is 0.408 e. The van der Waals surface area contributed by atoms with Crippen molar-refractivity contribution in [2.45, 2.75) is 43.7 Å². The summed E-state index contributed by atoms with van der Waals surface area (Å²) < 4.78 is 33.8. The maximum Gasteiger partial charge on any atom is 0.419 e. The molecule has 0 bridgehead atoms. The number of aromatic nitrogens is 1. The highest BCUT2D eigenvalue weighted by Gasteiger charge is 2.28. The molecule has 3 aromatic rings. The standard InChI is InChI=1S/C23H25N3O5S/c27-22(24-13-9-17-5-1-2-6-18(17)16-24)10-14-26-20-8-7-19(15-21(20)31-23(26)28)32(29,30)25-11-3-4-12-25/h1-2,5-8,15H,3-4,9-14,16H2. The zero-order valence-electron chi connectivity index (χ0n) is 17.7. The van der Waals surface area contributed by atoms with Gasteiger partial charge in [-0.25, -0.2) is 13.2 Å². The molecule has 1 saturated heterocycles. The van der Waals surface area contributed by atoms with Gasteiger partial charge in [0.05, 0.1) is 10.4 Å². The Kier molecular flexibility index (Phi) is 5.38. The lowest BCUT2D eigenvalue weighted by atomic mass is 10.00. The average molecular weight is 456 g/mol. The predicted octanol–water partition coefficient (Wildman–Crippen LogP) is 2.35. The van der Waals surface area contributed by atoms with Gasteiger partial charge in [0.2, 0.25) is 15.9 Å². The molecule has 1 aromatic heterocycles. The zero-order valence-corrected chi connectivity index (χ0v) is 18.5. The van der Waals surface area contributed by atoms with Gasteiger partial charge < -0.3 is 9.32 Å². The first-order valence-electron chi connectivity index (χ1n) is 10.9. The fraction of sp³-hybridized carbons (Fsp3) is 0.391. The van der Waals surface area contributed by atoms with E-state index < -0.39 is 15.8 Å². The first-order valence-corrected chi connectivity index (χ1v) is 12.4. The van der Waals surface area contributed by atoms with Crippen molar-refractivity contribution in [2.24, 2.45) is 0 Å². The van der Waals surface area contributed by atoms with Crippen LogP contribution >= 0.6 is 0 Å². The summed E-state index contributed by atoms with van der Waals surface area (Å²) in [6, 6.07) is 12.6. The van der Waals surface area contributed by atoms with Crippen molar-refractivity contribution in [3.63, 3.8) is 0 Å². The molecule has 2 aliphatic heterocycles. The van der Waals surface area contributed by atoms with Gasteiger partial charge in [-0.15, -0.1) is 0 Å². The summed E-state index contributed by atoms with van der Waals surface area (Å²) >= 11 is 0. The molecule has 2 aromatic carbocycles. The maximum atomic E-state index is 12.8. The van der Waals surface area contributed by atoms with Gasteiger partial charge in [0, 0.05) is 45.2 Å². The zero-order chi connectivity index (χ0) is 22.3. The van der Waals surface area contributed by atoms with Crippen LogP contribution in [0.3, 0.4) is 0 Å². The van der Waals surface area contributed by atoms with Gasteiger partial charge in [0.25, 0.3) is 0 Å². The van der Waals surface area contributed by atoms with E-state index in [-0.39, 0.29) is 29.4 Å².